The van der Waals surface area contributed by atoms with Gasteiger partial charge < -0.3 is 11.5 Å². The third-order valence-corrected chi connectivity index (χ3v) is 2.95. The molecule has 0 aliphatic heterocycles. The van der Waals surface area contributed by atoms with E-state index in [1.807, 2.05) is 12.1 Å². The highest BCUT2D eigenvalue weighted by Crippen LogP contribution is 2.48. The molecule has 2 rings (SSSR count). The van der Waals surface area contributed by atoms with Gasteiger partial charge in [-0.2, -0.15) is 0 Å². The average Bonchev–Trinajstić information content (AvgIpc) is 2.98. The second-order valence-electron chi connectivity index (χ2n) is 3.91. The topological polar surface area (TPSA) is 93.0 Å². The van der Waals surface area contributed by atoms with Crippen molar-refractivity contribution in [1.29, 1.82) is 5.41 Å². The second-order valence-corrected chi connectivity index (χ2v) is 3.91. The molecule has 1 aromatic carbocycles. The van der Waals surface area contributed by atoms with Gasteiger partial charge in [0.2, 0.25) is 5.91 Å². The highest BCUT2D eigenvalue weighted by molar-refractivity contribution is 6.00. The zero-order valence-electron chi connectivity index (χ0n) is 8.29. The second kappa shape index (κ2) is 3.08. The third kappa shape index (κ3) is 1.38. The Morgan fingerprint density at radius 2 is 1.87 bits per heavy atom. The van der Waals surface area contributed by atoms with Crippen LogP contribution in [0, 0.1) is 5.41 Å². The molecule has 4 nitrogen and oxygen atoms in total. The minimum Gasteiger partial charge on any atom is -0.384 e. The number of carbonyl (C=O) groups excluding carboxylic acids is 1. The van der Waals surface area contributed by atoms with Crippen LogP contribution in [0.3, 0.4) is 0 Å². The summed E-state index contributed by atoms with van der Waals surface area (Å²) in [6, 6.07) is 7.22. The lowest BCUT2D eigenvalue weighted by Crippen LogP contribution is -2.30. The number of nitrogens with one attached hydrogen (secondary N) is 1. The number of amides is 1. The van der Waals surface area contributed by atoms with Crippen LogP contribution < -0.4 is 11.5 Å². The summed E-state index contributed by atoms with van der Waals surface area (Å²) in [5, 5.41) is 7.45. The quantitative estimate of drug-likeness (QED) is 0.492. The molecule has 1 saturated carbocycles. The zero-order valence-corrected chi connectivity index (χ0v) is 8.29. The Balaban J connectivity index is 2.53. The molecule has 0 heterocycles. The van der Waals surface area contributed by atoms with Gasteiger partial charge in [0.25, 0.3) is 0 Å². The van der Waals surface area contributed by atoms with Gasteiger partial charge in [-0.3, -0.25) is 10.2 Å². The van der Waals surface area contributed by atoms with E-state index in [2.05, 4.69) is 0 Å². The highest BCUT2D eigenvalue weighted by Gasteiger charge is 2.51. The average molecular weight is 203 g/mol. The molecule has 0 saturated heterocycles. The molecule has 5 N–H and O–H groups in total. The van der Waals surface area contributed by atoms with E-state index in [9.17, 15) is 4.79 Å². The summed E-state index contributed by atoms with van der Waals surface area (Å²) in [5.74, 6) is -0.339. The number of hydrogen-bond acceptors (Lipinski definition) is 2. The van der Waals surface area contributed by atoms with Crippen LogP contribution >= 0.6 is 0 Å². The lowest BCUT2D eigenvalue weighted by molar-refractivity contribution is -0.120. The van der Waals surface area contributed by atoms with E-state index in [4.69, 9.17) is 16.9 Å². The Kier molecular flexibility index (Phi) is 2.00. The number of nitrogen functional groups attached to an aromatic ring is 1. The number of nitrogens with two attached hydrogens (primary N) is 2. The van der Waals surface area contributed by atoms with Gasteiger partial charge >= 0.3 is 0 Å². The van der Waals surface area contributed by atoms with Crippen molar-refractivity contribution in [3.63, 3.8) is 0 Å². The van der Waals surface area contributed by atoms with Crippen LogP contribution in [-0.2, 0) is 10.2 Å². The van der Waals surface area contributed by atoms with Crippen LogP contribution in [-0.4, -0.2) is 11.7 Å². The molecule has 4 heteroatoms. The highest BCUT2D eigenvalue weighted by atomic mass is 16.1. The molecule has 0 spiro atoms. The Labute approximate surface area is 87.8 Å². The van der Waals surface area contributed by atoms with Crippen molar-refractivity contribution >= 4 is 11.7 Å². The fourth-order valence-electron chi connectivity index (χ4n) is 1.91. The fourth-order valence-corrected chi connectivity index (χ4v) is 1.91. The number of benzene rings is 1. The SMILES string of the molecule is N=C(N)c1ccccc1C1(C(N)=O)CC1. The van der Waals surface area contributed by atoms with Gasteiger partial charge in [-0.1, -0.05) is 24.3 Å². The monoisotopic (exact) mass is 203 g/mol. The van der Waals surface area contributed by atoms with E-state index in [0.29, 0.717) is 5.56 Å². The van der Waals surface area contributed by atoms with Crippen molar-refractivity contribution in [2.45, 2.75) is 18.3 Å². The van der Waals surface area contributed by atoms with E-state index in [1.54, 1.807) is 12.1 Å². The van der Waals surface area contributed by atoms with Crippen LogP contribution in [0.2, 0.25) is 0 Å². The van der Waals surface area contributed by atoms with Crippen molar-refractivity contribution in [2.75, 3.05) is 0 Å². The first-order valence-electron chi connectivity index (χ1n) is 4.82. The summed E-state index contributed by atoms with van der Waals surface area (Å²) in [4.78, 5) is 11.4. The lowest BCUT2D eigenvalue weighted by Gasteiger charge is -2.15. The molecular weight excluding hydrogens is 190 g/mol. The summed E-state index contributed by atoms with van der Waals surface area (Å²) in [7, 11) is 0. The van der Waals surface area contributed by atoms with Gasteiger partial charge in [0.1, 0.15) is 5.84 Å². The van der Waals surface area contributed by atoms with E-state index < -0.39 is 5.41 Å². The maximum atomic E-state index is 11.4. The predicted octanol–water partition coefficient (Wildman–Crippen LogP) is 0.488. The minimum atomic E-state index is -0.567. The summed E-state index contributed by atoms with van der Waals surface area (Å²) in [5.41, 5.74) is 11.7. The molecule has 0 atom stereocenters. The Bertz CT molecular complexity index is 435. The van der Waals surface area contributed by atoms with Crippen molar-refractivity contribution < 1.29 is 4.79 Å². The van der Waals surface area contributed by atoms with Crippen LogP contribution in [0.1, 0.15) is 24.0 Å². The number of amidine groups is 1. The molecule has 1 fully saturated rings. The number of hydrogen-bond donors (Lipinski definition) is 3. The number of rotatable bonds is 3. The molecule has 78 valence electrons. The Hall–Kier alpha value is -1.84. The van der Waals surface area contributed by atoms with Crippen molar-refractivity contribution in [3.8, 4) is 0 Å². The summed E-state index contributed by atoms with van der Waals surface area (Å²) < 4.78 is 0. The largest absolute Gasteiger partial charge is 0.384 e. The third-order valence-electron chi connectivity index (χ3n) is 2.95. The van der Waals surface area contributed by atoms with Gasteiger partial charge in [0.15, 0.2) is 0 Å². The van der Waals surface area contributed by atoms with E-state index in [0.717, 1.165) is 18.4 Å². The van der Waals surface area contributed by atoms with E-state index in [1.165, 1.54) is 0 Å². The summed E-state index contributed by atoms with van der Waals surface area (Å²) in [6.45, 7) is 0. The van der Waals surface area contributed by atoms with Crippen LogP contribution in [0.4, 0.5) is 0 Å². The van der Waals surface area contributed by atoms with E-state index >= 15 is 0 Å². The smallest absolute Gasteiger partial charge is 0.228 e. The fraction of sp³-hybridized carbons (Fsp3) is 0.273. The molecule has 1 aliphatic carbocycles. The molecule has 0 unspecified atom stereocenters. The summed E-state index contributed by atoms with van der Waals surface area (Å²) >= 11 is 0. The Morgan fingerprint density at radius 1 is 1.27 bits per heavy atom. The predicted molar refractivity (Wildman–Crippen MR) is 57.6 cm³/mol. The first kappa shape index (κ1) is 9.71. The van der Waals surface area contributed by atoms with Gasteiger partial charge in [0, 0.05) is 5.56 Å². The van der Waals surface area contributed by atoms with Crippen LogP contribution in [0.25, 0.3) is 0 Å². The van der Waals surface area contributed by atoms with Crippen molar-refractivity contribution in [1.82, 2.24) is 0 Å². The van der Waals surface area contributed by atoms with Gasteiger partial charge in [-0.25, -0.2) is 0 Å². The molecule has 0 bridgehead atoms. The minimum absolute atomic E-state index is 0.0156. The van der Waals surface area contributed by atoms with Gasteiger partial charge in [-0.05, 0) is 18.4 Å². The lowest BCUT2D eigenvalue weighted by atomic mass is 9.90. The Morgan fingerprint density at radius 3 is 2.33 bits per heavy atom. The number of primary amides is 1. The maximum absolute atomic E-state index is 11.4. The summed E-state index contributed by atoms with van der Waals surface area (Å²) in [6.07, 6.45) is 1.51. The molecule has 1 aromatic rings. The van der Waals surface area contributed by atoms with Crippen molar-refractivity contribution in [3.05, 3.63) is 35.4 Å². The molecule has 1 aliphatic rings. The maximum Gasteiger partial charge on any atom is 0.228 e. The van der Waals surface area contributed by atoms with Crippen LogP contribution in [0.15, 0.2) is 24.3 Å². The molecular formula is C11H13N3O. The molecule has 1 amide bonds. The zero-order chi connectivity index (χ0) is 11.1. The first-order chi connectivity index (χ1) is 7.08. The standard InChI is InChI=1S/C11H13N3O/c12-9(13)7-3-1-2-4-8(7)11(5-6-11)10(14)15/h1-4H,5-6H2,(H3,12,13)(H2,14,15). The van der Waals surface area contributed by atoms with Crippen molar-refractivity contribution in [2.24, 2.45) is 11.5 Å². The molecule has 0 radical (unpaired) electrons. The number of carbonyl (C=O) groups is 1. The van der Waals surface area contributed by atoms with Gasteiger partial charge in [-0.15, -0.1) is 0 Å². The van der Waals surface area contributed by atoms with E-state index in [-0.39, 0.29) is 11.7 Å². The normalized spacial score (nSPS) is 17.1. The van der Waals surface area contributed by atoms with Gasteiger partial charge in [0.05, 0.1) is 5.41 Å². The van der Waals surface area contributed by atoms with Crippen LogP contribution in [0.5, 0.6) is 0 Å². The molecule has 0 aromatic heterocycles. The molecule has 15 heavy (non-hydrogen) atoms. The first-order valence-corrected chi connectivity index (χ1v) is 4.82.